The van der Waals surface area contributed by atoms with Gasteiger partial charge in [0.2, 0.25) is 0 Å². The monoisotopic (exact) mass is 612 g/mol. The summed E-state index contributed by atoms with van der Waals surface area (Å²) in [4.78, 5) is 9.33. The molecule has 0 aliphatic rings. The van der Waals surface area contributed by atoms with Crippen LogP contribution in [0.2, 0.25) is 0 Å². The molecule has 0 bridgehead atoms. The summed E-state index contributed by atoms with van der Waals surface area (Å²) < 4.78 is 0. The second-order valence-corrected chi connectivity index (χ2v) is 1.53. The number of allylic oxidation sites excluding steroid dienone is 1. The fraction of sp³-hybridized carbons (Fsp3) is 0.375. The number of aliphatic hydroxyl groups excluding tert-OH is 2. The molecule has 0 aromatic heterocycles. The van der Waals surface area contributed by atoms with Crippen LogP contribution < -0.4 is 0 Å². The summed E-state index contributed by atoms with van der Waals surface area (Å²) in [7, 11) is 0. The van der Waals surface area contributed by atoms with Crippen LogP contribution in [0.15, 0.2) is 24.8 Å². The molecular weight excluding hydrogens is 598 g/mol. The van der Waals surface area contributed by atoms with E-state index in [1.54, 1.807) is 6.08 Å². The van der Waals surface area contributed by atoms with Gasteiger partial charge in [0.05, 0.1) is 13.2 Å². The van der Waals surface area contributed by atoms with E-state index in [1.165, 1.54) is 12.2 Å². The Hall–Kier alpha value is 1.95. The number of aldehydes is 1. The van der Waals surface area contributed by atoms with Gasteiger partial charge in [0, 0.05) is 94.5 Å². The van der Waals surface area contributed by atoms with Gasteiger partial charge in [-0.05, 0) is 0 Å². The van der Waals surface area contributed by atoms with Gasteiger partial charge in [-0.2, -0.15) is 0 Å². The molecule has 5 heteroatoms. The zero-order valence-electron chi connectivity index (χ0n) is 7.60. The standard InChI is InChI=1S/C4H8O2.C4H6O.2Ac/c5-3-1-2-4-6;1-2-3-4-5;;/h1-2,5-6H,3-4H2;2,4H,1,3H2;;/b2-1-;;;. The number of hydrogen-bond donors (Lipinski definition) is 2. The maximum Gasteiger partial charge on any atom is 0.123 e. The van der Waals surface area contributed by atoms with Crippen LogP contribution >= 0.6 is 0 Å². The van der Waals surface area contributed by atoms with E-state index < -0.39 is 0 Å². The van der Waals surface area contributed by atoms with Crippen molar-refractivity contribution in [1.29, 1.82) is 0 Å². The third-order valence-electron chi connectivity index (χ3n) is 0.640. The summed E-state index contributed by atoms with van der Waals surface area (Å²) in [6.07, 6.45) is 5.82. The molecule has 0 saturated carbocycles. The van der Waals surface area contributed by atoms with Gasteiger partial charge < -0.3 is 15.0 Å². The quantitative estimate of drug-likeness (QED) is 0.355. The van der Waals surface area contributed by atoms with E-state index in [0.29, 0.717) is 6.42 Å². The van der Waals surface area contributed by atoms with E-state index in [9.17, 15) is 4.79 Å². The molecular formula is C8H14Ac2O3. The smallest absolute Gasteiger partial charge is 0.123 e. The van der Waals surface area contributed by atoms with Gasteiger partial charge in [-0.3, -0.25) is 0 Å². The minimum atomic E-state index is 0. The molecule has 0 atom stereocenters. The Kier molecular flexibility index (Phi) is 54.5. The van der Waals surface area contributed by atoms with Crippen LogP contribution in [0.4, 0.5) is 0 Å². The largest absolute Gasteiger partial charge is 0.392 e. The van der Waals surface area contributed by atoms with Gasteiger partial charge in [-0.25, -0.2) is 0 Å². The first-order valence-corrected chi connectivity index (χ1v) is 3.24. The number of rotatable bonds is 4. The predicted molar refractivity (Wildman–Crippen MR) is 44.2 cm³/mol. The molecule has 13 heavy (non-hydrogen) atoms. The molecule has 0 rings (SSSR count). The van der Waals surface area contributed by atoms with Crippen LogP contribution in [0.3, 0.4) is 0 Å². The molecule has 0 fully saturated rings. The van der Waals surface area contributed by atoms with Crippen LogP contribution in [-0.4, -0.2) is 29.7 Å². The Labute approximate surface area is 151 Å². The van der Waals surface area contributed by atoms with E-state index in [1.807, 2.05) is 0 Å². The number of carbonyl (C=O) groups is 1. The van der Waals surface area contributed by atoms with Crippen LogP contribution in [0, 0.1) is 88.1 Å². The predicted octanol–water partition coefficient (Wildman–Crippen LogP) is 0.289. The number of carbonyl (C=O) groups excluding carboxylic acids is 1. The molecule has 0 aromatic rings. The van der Waals surface area contributed by atoms with Crippen molar-refractivity contribution in [2.45, 2.75) is 6.42 Å². The van der Waals surface area contributed by atoms with Crippen molar-refractivity contribution in [3.8, 4) is 0 Å². The first-order valence-electron chi connectivity index (χ1n) is 3.24. The van der Waals surface area contributed by atoms with Crippen LogP contribution in [0.5, 0.6) is 0 Å². The van der Waals surface area contributed by atoms with Crippen molar-refractivity contribution in [3.63, 3.8) is 0 Å². The zero-order chi connectivity index (χ0) is 8.95. The van der Waals surface area contributed by atoms with Crippen LogP contribution in [-0.2, 0) is 4.79 Å². The molecule has 2 N–H and O–H groups in total. The Balaban J connectivity index is -0.0000000546. The van der Waals surface area contributed by atoms with Gasteiger partial charge in [-0.15, -0.1) is 6.58 Å². The Morgan fingerprint density at radius 3 is 1.54 bits per heavy atom. The van der Waals surface area contributed by atoms with Crippen molar-refractivity contribution in [2.24, 2.45) is 0 Å². The van der Waals surface area contributed by atoms with E-state index >= 15 is 0 Å². The average molecular weight is 612 g/mol. The van der Waals surface area contributed by atoms with E-state index in [0.717, 1.165) is 6.29 Å². The third-order valence-corrected chi connectivity index (χ3v) is 0.640. The fourth-order valence-electron chi connectivity index (χ4n) is 0.217. The minimum Gasteiger partial charge on any atom is -0.392 e. The van der Waals surface area contributed by atoms with Crippen LogP contribution in [0.25, 0.3) is 0 Å². The summed E-state index contributed by atoms with van der Waals surface area (Å²) in [5.74, 6) is 0. The summed E-state index contributed by atoms with van der Waals surface area (Å²) in [5.41, 5.74) is 0. The van der Waals surface area contributed by atoms with Crippen molar-refractivity contribution in [3.05, 3.63) is 24.8 Å². The maximum absolute atomic E-state index is 9.33. The topological polar surface area (TPSA) is 57.5 Å². The molecule has 0 aromatic carbocycles. The number of hydrogen-bond acceptors (Lipinski definition) is 3. The van der Waals surface area contributed by atoms with E-state index in [2.05, 4.69) is 6.58 Å². The SMILES string of the molecule is C=CCC=O.OC/C=C\CO.[Ac].[Ac]. The molecule has 0 spiro atoms. The fourth-order valence-corrected chi connectivity index (χ4v) is 0.217. The third kappa shape index (κ3) is 41.2. The molecule has 0 saturated heterocycles. The first-order chi connectivity index (χ1) is 5.33. The minimum absolute atomic E-state index is 0. The molecule has 2 radical (unpaired) electrons. The van der Waals surface area contributed by atoms with Gasteiger partial charge in [0.25, 0.3) is 0 Å². The van der Waals surface area contributed by atoms with E-state index in [-0.39, 0.29) is 101 Å². The molecule has 0 amide bonds. The molecule has 0 aliphatic carbocycles. The first kappa shape index (κ1) is 24.3. The normalized spacial score (nSPS) is 7.23. The Morgan fingerprint density at radius 1 is 1.08 bits per heavy atom. The summed E-state index contributed by atoms with van der Waals surface area (Å²) in [6.45, 7) is 3.35. The molecule has 0 unspecified atom stereocenters. The maximum atomic E-state index is 9.33. The van der Waals surface area contributed by atoms with Crippen LogP contribution in [0.1, 0.15) is 6.42 Å². The number of aliphatic hydroxyl groups is 2. The zero-order valence-corrected chi connectivity index (χ0v) is 17.1. The van der Waals surface area contributed by atoms with Gasteiger partial charge >= 0.3 is 0 Å². The summed E-state index contributed by atoms with van der Waals surface area (Å²) in [5, 5.41) is 16.0. The second kappa shape index (κ2) is 29.2. The van der Waals surface area contributed by atoms with Gasteiger partial charge in [0.1, 0.15) is 6.29 Å². The molecule has 3 nitrogen and oxygen atoms in total. The molecule has 0 heterocycles. The van der Waals surface area contributed by atoms with Crippen molar-refractivity contribution < 1.29 is 103 Å². The Bertz CT molecular complexity index is 104. The molecule has 0 aliphatic heterocycles. The van der Waals surface area contributed by atoms with Crippen molar-refractivity contribution in [1.82, 2.24) is 0 Å². The molecule has 70 valence electrons. The summed E-state index contributed by atoms with van der Waals surface area (Å²) in [6, 6.07) is 0. The van der Waals surface area contributed by atoms with E-state index in [4.69, 9.17) is 10.2 Å². The van der Waals surface area contributed by atoms with Gasteiger partial charge in [0.15, 0.2) is 0 Å². The average Bonchev–Trinajstić information content (AvgIpc) is 2.04. The van der Waals surface area contributed by atoms with Gasteiger partial charge in [-0.1, -0.05) is 18.2 Å². The van der Waals surface area contributed by atoms with Crippen molar-refractivity contribution >= 4 is 6.29 Å². The second-order valence-electron chi connectivity index (χ2n) is 1.53. The van der Waals surface area contributed by atoms with Crippen molar-refractivity contribution in [2.75, 3.05) is 13.2 Å². The Morgan fingerprint density at radius 2 is 1.46 bits per heavy atom. The summed E-state index contributed by atoms with van der Waals surface area (Å²) >= 11 is 0.